The molecule has 0 fully saturated rings. The van der Waals surface area contributed by atoms with E-state index in [4.69, 9.17) is 9.15 Å². The number of fused-ring (bicyclic) bond motifs is 1. The van der Waals surface area contributed by atoms with E-state index in [9.17, 15) is 26.4 Å². The second kappa shape index (κ2) is 16.9. The summed E-state index contributed by atoms with van der Waals surface area (Å²) in [6.07, 6.45) is 7.58. The standard InChI is InChI=1S/C31H41F3N2O5S.ClH/c1-4-7-11-28-29(26-22-24(14-17-27(26)41-28)35-42(38,39)31(32,33)34)30(37)23-12-15-25(16-13-23)40-21-10-20-36(18-8-5-2)19-9-6-3;/h12-17,22,35H,4-11,18-21H2,1-3H3;1H. The van der Waals surface area contributed by atoms with Crippen molar-refractivity contribution in [1.29, 1.82) is 0 Å². The number of unbranched alkanes of at least 4 members (excludes halogenated alkanes) is 3. The minimum Gasteiger partial charge on any atom is -0.494 e. The molecular formula is C31H42ClF3N2O5S. The Balaban J connectivity index is 0.00000645. The minimum absolute atomic E-state index is 0. The first-order valence-corrected chi connectivity index (χ1v) is 16.1. The van der Waals surface area contributed by atoms with E-state index in [1.807, 2.05) is 6.92 Å². The van der Waals surface area contributed by atoms with Crippen molar-refractivity contribution in [2.24, 2.45) is 0 Å². The fourth-order valence-corrected chi connectivity index (χ4v) is 5.16. The first-order valence-electron chi connectivity index (χ1n) is 14.6. The third-order valence-corrected chi connectivity index (χ3v) is 8.08. The van der Waals surface area contributed by atoms with Gasteiger partial charge in [-0.3, -0.25) is 9.52 Å². The molecule has 0 atom stereocenters. The highest BCUT2D eigenvalue weighted by Gasteiger charge is 2.46. The van der Waals surface area contributed by atoms with Gasteiger partial charge in [-0.05, 0) is 81.2 Å². The molecule has 3 aromatic rings. The van der Waals surface area contributed by atoms with E-state index in [1.165, 1.54) is 31.0 Å². The molecule has 0 unspecified atom stereocenters. The van der Waals surface area contributed by atoms with Gasteiger partial charge in [0.1, 0.15) is 17.1 Å². The Labute approximate surface area is 258 Å². The zero-order chi connectivity index (χ0) is 30.8. The fourth-order valence-electron chi connectivity index (χ4n) is 4.61. The van der Waals surface area contributed by atoms with Crippen LogP contribution in [0.25, 0.3) is 11.0 Å². The van der Waals surface area contributed by atoms with Crippen molar-refractivity contribution in [3.63, 3.8) is 0 Å². The number of alkyl halides is 3. The predicted octanol–water partition coefficient (Wildman–Crippen LogP) is 8.36. The number of hydrogen-bond donors (Lipinski definition) is 1. The van der Waals surface area contributed by atoms with Gasteiger partial charge in [0.2, 0.25) is 0 Å². The number of halogens is 4. The van der Waals surface area contributed by atoms with Crippen molar-refractivity contribution in [2.45, 2.75) is 77.6 Å². The smallest absolute Gasteiger partial charge is 0.494 e. The van der Waals surface area contributed by atoms with E-state index in [-0.39, 0.29) is 40.4 Å². The lowest BCUT2D eigenvalue weighted by atomic mass is 9.98. The van der Waals surface area contributed by atoms with Crippen LogP contribution in [0.4, 0.5) is 18.9 Å². The SMILES string of the molecule is CCCCc1oc2ccc(NS(=O)(=O)C(F)(F)F)cc2c1C(=O)c1ccc(OCCCN(CCCC)CCCC)cc1.Cl. The van der Waals surface area contributed by atoms with E-state index < -0.39 is 15.5 Å². The summed E-state index contributed by atoms with van der Waals surface area (Å²) in [7, 11) is -5.62. The molecule has 0 radical (unpaired) electrons. The number of carbonyl (C=O) groups is 1. The molecule has 12 heteroatoms. The molecule has 43 heavy (non-hydrogen) atoms. The van der Waals surface area contributed by atoms with Gasteiger partial charge >= 0.3 is 15.5 Å². The minimum atomic E-state index is -5.62. The maximum Gasteiger partial charge on any atom is 0.516 e. The lowest BCUT2D eigenvalue weighted by molar-refractivity contribution is -0.0429. The molecule has 0 aliphatic carbocycles. The van der Waals surface area contributed by atoms with Crippen LogP contribution >= 0.6 is 12.4 Å². The van der Waals surface area contributed by atoms with Crippen LogP contribution in [0.5, 0.6) is 5.75 Å². The van der Waals surface area contributed by atoms with Crippen molar-refractivity contribution in [3.05, 3.63) is 59.4 Å². The van der Waals surface area contributed by atoms with Crippen LogP contribution in [0.3, 0.4) is 0 Å². The zero-order valence-corrected chi connectivity index (χ0v) is 26.6. The molecule has 7 nitrogen and oxygen atoms in total. The van der Waals surface area contributed by atoms with Crippen LogP contribution in [0.1, 0.15) is 87.4 Å². The molecule has 1 heterocycles. The Hall–Kier alpha value is -2.76. The average Bonchev–Trinajstić information content (AvgIpc) is 3.31. The van der Waals surface area contributed by atoms with Crippen LogP contribution in [0.2, 0.25) is 0 Å². The van der Waals surface area contributed by atoms with Crippen LogP contribution in [-0.2, 0) is 16.4 Å². The molecule has 0 saturated carbocycles. The molecule has 1 N–H and O–H groups in total. The summed E-state index contributed by atoms with van der Waals surface area (Å²) in [5.41, 5.74) is -4.94. The van der Waals surface area contributed by atoms with Crippen molar-refractivity contribution in [2.75, 3.05) is 31.0 Å². The van der Waals surface area contributed by atoms with Crippen molar-refractivity contribution >= 4 is 44.9 Å². The van der Waals surface area contributed by atoms with Gasteiger partial charge < -0.3 is 14.1 Å². The summed E-state index contributed by atoms with van der Waals surface area (Å²) in [5, 5.41) is 0.240. The molecule has 0 aliphatic rings. The van der Waals surface area contributed by atoms with Gasteiger partial charge in [0, 0.05) is 29.6 Å². The molecule has 0 saturated heterocycles. The average molecular weight is 647 g/mol. The normalized spacial score (nSPS) is 12.0. The first kappa shape index (κ1) is 36.4. The number of nitrogens with one attached hydrogen (secondary N) is 1. The molecule has 2 aromatic carbocycles. The Kier molecular flexibility index (Phi) is 14.3. The quantitative estimate of drug-likeness (QED) is 0.110. The van der Waals surface area contributed by atoms with Gasteiger partial charge in [-0.15, -0.1) is 12.4 Å². The Morgan fingerprint density at radius 1 is 0.907 bits per heavy atom. The van der Waals surface area contributed by atoms with Crippen molar-refractivity contribution in [1.82, 2.24) is 4.90 Å². The van der Waals surface area contributed by atoms with Gasteiger partial charge in [-0.2, -0.15) is 21.6 Å². The predicted molar refractivity (Wildman–Crippen MR) is 167 cm³/mol. The molecule has 240 valence electrons. The first-order chi connectivity index (χ1) is 20.0. The van der Waals surface area contributed by atoms with Gasteiger partial charge in [0.05, 0.1) is 12.2 Å². The highest BCUT2D eigenvalue weighted by atomic mass is 35.5. The summed E-state index contributed by atoms with van der Waals surface area (Å²) in [4.78, 5) is 16.1. The van der Waals surface area contributed by atoms with E-state index in [0.717, 1.165) is 51.7 Å². The number of carbonyl (C=O) groups excluding carboxylic acids is 1. The fraction of sp³-hybridized carbons (Fsp3) is 0.516. The molecule has 3 rings (SSSR count). The molecule has 0 aliphatic heterocycles. The Morgan fingerprint density at radius 3 is 2.09 bits per heavy atom. The number of anilines is 1. The van der Waals surface area contributed by atoms with Gasteiger partial charge in [-0.25, -0.2) is 0 Å². The summed E-state index contributed by atoms with van der Waals surface area (Å²) >= 11 is 0. The van der Waals surface area contributed by atoms with Gasteiger partial charge in [0.15, 0.2) is 5.78 Å². The topological polar surface area (TPSA) is 88.8 Å². The highest BCUT2D eigenvalue weighted by molar-refractivity contribution is 7.93. The van der Waals surface area contributed by atoms with Crippen LogP contribution < -0.4 is 9.46 Å². The maximum atomic E-state index is 13.7. The number of benzene rings is 2. The summed E-state index contributed by atoms with van der Waals surface area (Å²) in [5.74, 6) is 0.667. The second-order valence-electron chi connectivity index (χ2n) is 10.4. The second-order valence-corrected chi connectivity index (χ2v) is 12.0. The van der Waals surface area contributed by atoms with E-state index >= 15 is 0 Å². The van der Waals surface area contributed by atoms with E-state index in [2.05, 4.69) is 18.7 Å². The lowest BCUT2D eigenvalue weighted by Gasteiger charge is -2.21. The highest BCUT2D eigenvalue weighted by Crippen LogP contribution is 2.33. The number of ketones is 1. The van der Waals surface area contributed by atoms with E-state index in [1.54, 1.807) is 29.0 Å². The van der Waals surface area contributed by atoms with Crippen molar-refractivity contribution < 1.29 is 35.5 Å². The lowest BCUT2D eigenvalue weighted by Crippen LogP contribution is -2.29. The van der Waals surface area contributed by atoms with Crippen LogP contribution in [0.15, 0.2) is 46.9 Å². The molecule has 0 spiro atoms. The van der Waals surface area contributed by atoms with Crippen LogP contribution in [0, 0.1) is 0 Å². The molecule has 1 aromatic heterocycles. The van der Waals surface area contributed by atoms with Crippen LogP contribution in [-0.4, -0.2) is 50.9 Å². The molecular weight excluding hydrogens is 605 g/mol. The number of nitrogens with zero attached hydrogens (tertiary/aromatic N) is 1. The maximum absolute atomic E-state index is 13.7. The number of hydrogen-bond acceptors (Lipinski definition) is 6. The third-order valence-electron chi connectivity index (χ3n) is 6.96. The third kappa shape index (κ3) is 10.1. The Morgan fingerprint density at radius 2 is 1.51 bits per heavy atom. The Bertz CT molecular complexity index is 1400. The number of furan rings is 1. The number of sulfonamides is 1. The largest absolute Gasteiger partial charge is 0.516 e. The molecule has 0 amide bonds. The van der Waals surface area contributed by atoms with Gasteiger partial charge in [-0.1, -0.05) is 40.0 Å². The summed E-state index contributed by atoms with van der Waals surface area (Å²) in [6, 6.07) is 10.5. The number of rotatable bonds is 18. The van der Waals surface area contributed by atoms with Gasteiger partial charge in [0.25, 0.3) is 0 Å². The molecule has 0 bridgehead atoms. The monoisotopic (exact) mass is 646 g/mol. The number of ether oxygens (including phenoxy) is 1. The zero-order valence-electron chi connectivity index (χ0n) is 25.0. The summed E-state index contributed by atoms with van der Waals surface area (Å²) in [6.45, 7) is 10.1. The summed E-state index contributed by atoms with van der Waals surface area (Å²) < 4.78 is 75.4. The van der Waals surface area contributed by atoms with Crippen molar-refractivity contribution in [3.8, 4) is 5.75 Å². The van der Waals surface area contributed by atoms with E-state index in [0.29, 0.717) is 30.1 Å². The number of aryl methyl sites for hydroxylation is 1.